The molecule has 0 aliphatic carbocycles. The normalized spacial score (nSPS) is 14.3. The molecule has 0 fully saturated rings. The van der Waals surface area contributed by atoms with Crippen LogP contribution in [0.25, 0.3) is 0 Å². The number of carboxylic acids is 1. The summed E-state index contributed by atoms with van der Waals surface area (Å²) in [5.74, 6) is -3.68. The molecule has 0 bridgehead atoms. The minimum atomic E-state index is -1.96. The van der Waals surface area contributed by atoms with Crippen molar-refractivity contribution in [1.29, 1.82) is 0 Å². The van der Waals surface area contributed by atoms with Gasteiger partial charge in [-0.3, -0.25) is 9.59 Å². The number of likely N-dealkylation sites (N-methyl/N-ethyl adjacent to an activating group) is 1. The van der Waals surface area contributed by atoms with E-state index < -0.39 is 24.1 Å². The molecule has 6 heteroatoms. The Hall–Kier alpha value is -1.14. The fourth-order valence-electron chi connectivity index (χ4n) is 2.59. The van der Waals surface area contributed by atoms with Gasteiger partial charge in [0.1, 0.15) is 13.0 Å². The highest BCUT2D eigenvalue weighted by molar-refractivity contribution is 5.72. The maximum absolute atomic E-state index is 11.9. The second-order valence-corrected chi connectivity index (χ2v) is 7.31. The van der Waals surface area contributed by atoms with Gasteiger partial charge in [0.15, 0.2) is 0 Å². The molecule has 23 heavy (non-hydrogen) atoms. The van der Waals surface area contributed by atoms with E-state index in [9.17, 15) is 14.7 Å². The van der Waals surface area contributed by atoms with E-state index in [0.717, 1.165) is 12.8 Å². The van der Waals surface area contributed by atoms with E-state index >= 15 is 0 Å². The fourth-order valence-corrected chi connectivity index (χ4v) is 2.59. The van der Waals surface area contributed by atoms with Gasteiger partial charge in [-0.1, -0.05) is 45.4 Å². The summed E-state index contributed by atoms with van der Waals surface area (Å²) in [6.45, 7) is 2.20. The molecule has 0 aromatic carbocycles. The van der Waals surface area contributed by atoms with Crippen LogP contribution in [-0.4, -0.2) is 60.1 Å². The predicted molar refractivity (Wildman–Crippen MR) is 88.8 cm³/mol. The van der Waals surface area contributed by atoms with E-state index in [1.165, 1.54) is 25.7 Å². The Labute approximate surface area is 140 Å². The Kier molecular flexibility index (Phi) is 10.1. The van der Waals surface area contributed by atoms with Gasteiger partial charge < -0.3 is 19.4 Å². The summed E-state index contributed by atoms with van der Waals surface area (Å²) in [7, 11) is 5.41. The minimum absolute atomic E-state index is 0.0298. The standard InChI is InChI=1S/C17H33NO5/c1-5-6-7-8-9-10-11-12-16(21)23-17(22,13-15(19)20)14-18(2,3)4/h22H,5-14H2,1-4H3/p+1. The number of nitrogens with zero attached hydrogens (tertiary/aromatic N) is 1. The molecule has 0 spiro atoms. The second-order valence-electron chi connectivity index (χ2n) is 7.31. The van der Waals surface area contributed by atoms with Crippen LogP contribution in [-0.2, 0) is 14.3 Å². The Morgan fingerprint density at radius 3 is 2.00 bits per heavy atom. The van der Waals surface area contributed by atoms with E-state index in [1.54, 1.807) is 21.1 Å². The summed E-state index contributed by atoms with van der Waals surface area (Å²) in [5, 5.41) is 19.3. The van der Waals surface area contributed by atoms with Crippen LogP contribution in [0.1, 0.15) is 64.7 Å². The lowest BCUT2D eigenvalue weighted by Crippen LogP contribution is -2.52. The molecule has 0 aromatic rings. The number of carbonyl (C=O) groups is 2. The first kappa shape index (κ1) is 21.9. The van der Waals surface area contributed by atoms with E-state index in [4.69, 9.17) is 9.84 Å². The fraction of sp³-hybridized carbons (Fsp3) is 0.882. The van der Waals surface area contributed by atoms with Crippen molar-refractivity contribution in [2.24, 2.45) is 0 Å². The number of carboxylic acid groups (broad SMARTS) is 1. The van der Waals surface area contributed by atoms with Crippen molar-refractivity contribution >= 4 is 11.9 Å². The van der Waals surface area contributed by atoms with Gasteiger partial charge in [-0.05, 0) is 6.42 Å². The summed E-state index contributed by atoms with van der Waals surface area (Å²) in [6, 6.07) is 0. The molecular weight excluding hydrogens is 298 g/mol. The summed E-state index contributed by atoms with van der Waals surface area (Å²) in [6.07, 6.45) is 7.21. The summed E-state index contributed by atoms with van der Waals surface area (Å²) in [4.78, 5) is 22.8. The Morgan fingerprint density at radius 1 is 1.00 bits per heavy atom. The third-order valence-electron chi connectivity index (χ3n) is 3.44. The molecule has 136 valence electrons. The SMILES string of the molecule is CCCCCCCCCC(=O)OC(O)(CC(=O)O)C[N+](C)(C)C. The van der Waals surface area contributed by atoms with Crippen LogP contribution in [0, 0.1) is 0 Å². The van der Waals surface area contributed by atoms with Crippen LogP contribution in [0.5, 0.6) is 0 Å². The molecule has 0 radical (unpaired) electrons. The molecule has 0 saturated heterocycles. The molecule has 0 saturated carbocycles. The molecule has 1 unspecified atom stereocenters. The second kappa shape index (κ2) is 10.6. The molecule has 6 nitrogen and oxygen atoms in total. The average molecular weight is 332 g/mol. The number of esters is 1. The van der Waals surface area contributed by atoms with Gasteiger partial charge in [0.2, 0.25) is 0 Å². The highest BCUT2D eigenvalue weighted by atomic mass is 16.7. The lowest BCUT2D eigenvalue weighted by molar-refractivity contribution is -0.880. The van der Waals surface area contributed by atoms with Crippen LogP contribution >= 0.6 is 0 Å². The number of hydrogen-bond donors (Lipinski definition) is 2. The summed E-state index contributed by atoms with van der Waals surface area (Å²) >= 11 is 0. The molecule has 2 N–H and O–H groups in total. The van der Waals surface area contributed by atoms with Gasteiger partial charge in [-0.25, -0.2) is 0 Å². The molecule has 0 aliphatic rings. The Bertz CT molecular complexity index is 364. The molecule has 0 rings (SSSR count). The van der Waals surface area contributed by atoms with E-state index in [2.05, 4.69) is 6.92 Å². The van der Waals surface area contributed by atoms with E-state index in [1.807, 2.05) is 0 Å². The minimum Gasteiger partial charge on any atom is -0.481 e. The van der Waals surface area contributed by atoms with Gasteiger partial charge in [0.25, 0.3) is 5.79 Å². The van der Waals surface area contributed by atoms with E-state index in [-0.39, 0.29) is 13.0 Å². The van der Waals surface area contributed by atoms with Crippen molar-refractivity contribution < 1.29 is 29.0 Å². The number of carbonyl (C=O) groups excluding carboxylic acids is 1. The number of hydrogen-bond acceptors (Lipinski definition) is 4. The molecule has 0 aromatic heterocycles. The number of ether oxygens (including phenoxy) is 1. The van der Waals surface area contributed by atoms with Crippen molar-refractivity contribution in [2.75, 3.05) is 27.7 Å². The van der Waals surface area contributed by atoms with Gasteiger partial charge >= 0.3 is 11.9 Å². The lowest BCUT2D eigenvalue weighted by Gasteiger charge is -2.34. The Morgan fingerprint density at radius 2 is 1.52 bits per heavy atom. The maximum Gasteiger partial charge on any atom is 0.310 e. The van der Waals surface area contributed by atoms with Crippen LogP contribution in [0.4, 0.5) is 0 Å². The average Bonchev–Trinajstić information content (AvgIpc) is 2.33. The van der Waals surface area contributed by atoms with Gasteiger partial charge in [-0.15, -0.1) is 0 Å². The zero-order valence-corrected chi connectivity index (χ0v) is 15.1. The number of unbranched alkanes of at least 4 members (excludes halogenated alkanes) is 6. The molecule has 0 heterocycles. The first-order chi connectivity index (χ1) is 10.6. The van der Waals surface area contributed by atoms with Crippen LogP contribution in [0.2, 0.25) is 0 Å². The number of rotatable bonds is 13. The van der Waals surface area contributed by atoms with Crippen molar-refractivity contribution in [3.05, 3.63) is 0 Å². The van der Waals surface area contributed by atoms with Crippen molar-refractivity contribution in [2.45, 2.75) is 70.5 Å². The zero-order chi connectivity index (χ0) is 17.9. The van der Waals surface area contributed by atoms with Gasteiger partial charge in [0.05, 0.1) is 21.1 Å². The number of aliphatic hydroxyl groups is 1. The third-order valence-corrected chi connectivity index (χ3v) is 3.44. The predicted octanol–water partition coefficient (Wildman–Crippen LogP) is 2.54. The van der Waals surface area contributed by atoms with E-state index in [0.29, 0.717) is 10.9 Å². The first-order valence-corrected chi connectivity index (χ1v) is 8.54. The molecule has 0 amide bonds. The largest absolute Gasteiger partial charge is 0.481 e. The van der Waals surface area contributed by atoms with Gasteiger partial charge in [-0.2, -0.15) is 0 Å². The first-order valence-electron chi connectivity index (χ1n) is 8.54. The molecule has 0 aliphatic heterocycles. The van der Waals surface area contributed by atoms with Crippen molar-refractivity contribution in [1.82, 2.24) is 0 Å². The summed E-state index contributed by atoms with van der Waals surface area (Å²) < 4.78 is 5.39. The lowest BCUT2D eigenvalue weighted by atomic mass is 10.1. The van der Waals surface area contributed by atoms with Crippen LogP contribution in [0.15, 0.2) is 0 Å². The van der Waals surface area contributed by atoms with Gasteiger partial charge in [0, 0.05) is 6.42 Å². The zero-order valence-electron chi connectivity index (χ0n) is 15.1. The third kappa shape index (κ3) is 13.0. The van der Waals surface area contributed by atoms with Crippen LogP contribution in [0.3, 0.4) is 0 Å². The maximum atomic E-state index is 11.9. The smallest absolute Gasteiger partial charge is 0.310 e. The van der Waals surface area contributed by atoms with Crippen molar-refractivity contribution in [3.63, 3.8) is 0 Å². The Balaban J connectivity index is 4.21. The molecular formula is C17H34NO5+. The topological polar surface area (TPSA) is 83.8 Å². The highest BCUT2D eigenvalue weighted by Crippen LogP contribution is 2.18. The quantitative estimate of drug-likeness (QED) is 0.234. The monoisotopic (exact) mass is 332 g/mol. The van der Waals surface area contributed by atoms with Crippen LogP contribution < -0.4 is 0 Å². The summed E-state index contributed by atoms with van der Waals surface area (Å²) in [5.41, 5.74) is 0. The highest BCUT2D eigenvalue weighted by Gasteiger charge is 2.40. The van der Waals surface area contributed by atoms with Crippen molar-refractivity contribution in [3.8, 4) is 0 Å². The molecule has 1 atom stereocenters. The number of quaternary nitrogens is 1. The number of aliphatic carboxylic acids is 1.